The number of unbranched alkanes of at least 4 members (excludes halogenated alkanes) is 2. The number of likely N-dealkylation sites (tertiary alicyclic amines) is 1. The summed E-state index contributed by atoms with van der Waals surface area (Å²) < 4.78 is 17.9. The third kappa shape index (κ3) is 22.4. The van der Waals surface area contributed by atoms with Crippen LogP contribution in [0.15, 0.2) is 78.3 Å². The molecule has 12 amide bonds. The first kappa shape index (κ1) is 78.4. The highest BCUT2D eigenvalue weighted by molar-refractivity contribution is 7.09. The number of rotatable bonds is 38. The molecule has 26 nitrogen and oxygen atoms in total. The quantitative estimate of drug-likeness (QED) is 0.0250. The van der Waals surface area contributed by atoms with Crippen molar-refractivity contribution in [1.82, 2.24) is 51.2 Å². The maximum absolute atomic E-state index is 14.8. The van der Waals surface area contributed by atoms with Crippen LogP contribution >= 0.6 is 11.3 Å². The summed E-state index contributed by atoms with van der Waals surface area (Å²) in [5.41, 5.74) is 5.60. The molecule has 0 unspecified atom stereocenters. The van der Waals surface area contributed by atoms with E-state index in [4.69, 9.17) is 19.9 Å². The number of ether oxygens (including phenoxy) is 3. The molecule has 2 aromatic carbocycles. The topological polar surface area (TPSA) is 340 Å². The highest BCUT2D eigenvalue weighted by Gasteiger charge is 2.45. The molecule has 10 atom stereocenters. The molecule has 0 radical (unpaired) electrons. The Hall–Kier alpha value is -8.30. The number of primary amides is 1. The van der Waals surface area contributed by atoms with Crippen LogP contribution in [-0.4, -0.2) is 186 Å². The van der Waals surface area contributed by atoms with Crippen molar-refractivity contribution in [2.45, 2.75) is 194 Å². The monoisotopic (exact) mass is 1350 g/mol. The first-order valence-electron chi connectivity index (χ1n) is 33.2. The van der Waals surface area contributed by atoms with Crippen LogP contribution in [0.1, 0.15) is 149 Å². The predicted molar refractivity (Wildman–Crippen MR) is 363 cm³/mol. The molecular weight excluding hydrogens is 1250 g/mol. The number of nitrogens with one attached hydrogen (secondary N) is 6. The first-order chi connectivity index (χ1) is 45.5. The van der Waals surface area contributed by atoms with Gasteiger partial charge in [0.05, 0.1) is 42.7 Å². The highest BCUT2D eigenvalue weighted by atomic mass is 32.1. The lowest BCUT2D eigenvalue weighted by molar-refractivity contribution is -0.148. The van der Waals surface area contributed by atoms with Crippen LogP contribution in [-0.2, 0) is 70.4 Å². The second kappa shape index (κ2) is 37.9. The second-order valence-corrected chi connectivity index (χ2v) is 26.9. The fraction of sp³-hybridized carbons (Fsp3) is 0.594. The van der Waals surface area contributed by atoms with Crippen molar-refractivity contribution >= 4 is 82.3 Å². The summed E-state index contributed by atoms with van der Waals surface area (Å²) >= 11 is 1.47. The molecule has 8 N–H and O–H groups in total. The van der Waals surface area contributed by atoms with Gasteiger partial charge in [0.2, 0.25) is 41.4 Å². The summed E-state index contributed by atoms with van der Waals surface area (Å²) in [5, 5.41) is 19.6. The molecule has 1 aromatic heterocycles. The number of carbonyl (C=O) groups is 11. The van der Waals surface area contributed by atoms with Gasteiger partial charge in [0, 0.05) is 83.8 Å². The highest BCUT2D eigenvalue weighted by Crippen LogP contribution is 2.31. The molecule has 1 saturated heterocycles. The average Bonchev–Trinajstić information content (AvgIpc) is 0.938. The number of likely N-dealkylation sites (N-methyl/N-ethyl adjacent to an activating group) is 2. The zero-order valence-electron chi connectivity index (χ0n) is 58.0. The lowest BCUT2D eigenvalue weighted by Gasteiger charge is -2.41. The van der Waals surface area contributed by atoms with Gasteiger partial charge in [-0.3, -0.25) is 53.0 Å². The van der Waals surface area contributed by atoms with Crippen molar-refractivity contribution in [3.05, 3.63) is 94.5 Å². The van der Waals surface area contributed by atoms with E-state index in [0.29, 0.717) is 62.7 Å². The maximum atomic E-state index is 14.8. The molecule has 0 spiro atoms. The predicted octanol–water partition coefficient (Wildman–Crippen LogP) is 6.15. The second-order valence-electron chi connectivity index (χ2n) is 26.0. The van der Waals surface area contributed by atoms with Gasteiger partial charge in [-0.05, 0) is 99.8 Å². The van der Waals surface area contributed by atoms with Crippen LogP contribution in [0.4, 0.5) is 15.3 Å². The molecule has 0 saturated carbocycles. The smallest absolute Gasteiger partial charge is 0.410 e. The van der Waals surface area contributed by atoms with E-state index < -0.39 is 95.5 Å². The van der Waals surface area contributed by atoms with Crippen molar-refractivity contribution in [2.75, 3.05) is 53.3 Å². The molecule has 3 heterocycles. The molecular formula is C69H102N12O14S. The van der Waals surface area contributed by atoms with Crippen molar-refractivity contribution in [3.8, 4) is 0 Å². The maximum Gasteiger partial charge on any atom is 0.410 e. The summed E-state index contributed by atoms with van der Waals surface area (Å²) in [4.78, 5) is 157. The number of hydrogen-bond donors (Lipinski definition) is 7. The number of nitrogens with zero attached hydrogens (tertiary/aromatic N) is 5. The Morgan fingerprint density at radius 2 is 1.45 bits per heavy atom. The molecule has 528 valence electrons. The number of urea groups is 1. The Balaban J connectivity index is 1.16. The molecule has 27 heteroatoms. The molecule has 0 bridgehead atoms. The summed E-state index contributed by atoms with van der Waals surface area (Å²) in [6, 6.07) is 10.9. The van der Waals surface area contributed by atoms with E-state index in [0.717, 1.165) is 20.4 Å². The standard InChI is InChI=1S/C69H102N12O14S/c1-14-44(6)59(52(93-12)40-56(85)80-37-22-26-51(80)60(94-13)45(7)61(86)75-50(64-71-35-38-96-64)39-46-23-17-15-18-24-46)78(10)65(89)58(43(4)5)77-66(90)69(8,9)79(11)68(92)95-41-47-28-30-48(31-29-47)73-62(87)49(25-21-34-72-67(70)91)74-63(88)57(42(2)3)76-53(82)27-19-16-20-36-81-54(83)32-33-55(81)84/h15,17-18,23-24,28-33,35,38,42-45,49-52,57-60H,14,16,19-22,25-27,34,36-37,39-41H2,1-13H3,(H,73,87)(H,74,88)(H,75,86)(H,76,82)(H,77,90)(H3,70,72,91)/t44-,45+,49-,50-,51-,52+,57-,58-,59-,60+/m0/s1. The summed E-state index contributed by atoms with van der Waals surface area (Å²) in [7, 11) is 6.11. The summed E-state index contributed by atoms with van der Waals surface area (Å²) in [6.45, 7) is 16.5. The number of methoxy groups -OCH3 is 2. The number of carbonyl (C=O) groups excluding carboxylic acids is 11. The third-order valence-corrected chi connectivity index (χ3v) is 19.0. The molecule has 0 aliphatic carbocycles. The van der Waals surface area contributed by atoms with Crippen LogP contribution in [0.2, 0.25) is 0 Å². The number of imide groups is 1. The Labute approximate surface area is 568 Å². The van der Waals surface area contributed by atoms with Crippen LogP contribution in [0.3, 0.4) is 0 Å². The average molecular weight is 1360 g/mol. The van der Waals surface area contributed by atoms with Crippen molar-refractivity contribution in [2.24, 2.45) is 29.4 Å². The Bertz CT molecular complexity index is 3110. The van der Waals surface area contributed by atoms with Gasteiger partial charge >= 0.3 is 12.1 Å². The molecule has 5 rings (SSSR count). The fourth-order valence-corrected chi connectivity index (χ4v) is 12.6. The summed E-state index contributed by atoms with van der Waals surface area (Å²) in [5.74, 6) is -5.43. The van der Waals surface area contributed by atoms with Crippen LogP contribution in [0.25, 0.3) is 0 Å². The minimum Gasteiger partial charge on any atom is -0.445 e. The van der Waals surface area contributed by atoms with Gasteiger partial charge < -0.3 is 61.6 Å². The minimum atomic E-state index is -1.55. The molecule has 2 aliphatic heterocycles. The van der Waals surface area contributed by atoms with Crippen LogP contribution < -0.4 is 37.6 Å². The SMILES string of the molecule is CC[C@H](C)[C@@H]([C@@H](CC(=O)N1CCC[C@H]1[C@H](OC)[C@@H](C)C(=O)N[C@@H](Cc1ccccc1)c1nccs1)OC)N(C)C(=O)[C@@H](NC(=O)C(C)(C)N(C)C(=O)OCc1ccc(NC(=O)[C@H](CCCNC(N)=O)NC(=O)[C@@H](NC(=O)CCCCCN2C(=O)C=CC2=O)C(C)C)cc1)C(C)C. The molecule has 3 aromatic rings. The van der Waals surface area contributed by atoms with Crippen molar-refractivity contribution < 1.29 is 67.0 Å². The number of amides is 12. The zero-order chi connectivity index (χ0) is 71.0. The lowest BCUT2D eigenvalue weighted by Crippen LogP contribution is -2.62. The van der Waals surface area contributed by atoms with E-state index in [9.17, 15) is 52.7 Å². The number of benzene rings is 2. The van der Waals surface area contributed by atoms with Crippen molar-refractivity contribution in [1.29, 1.82) is 0 Å². The Morgan fingerprint density at radius 3 is 2.04 bits per heavy atom. The lowest BCUT2D eigenvalue weighted by atomic mass is 9.89. The van der Waals surface area contributed by atoms with Gasteiger partial charge in [0.15, 0.2) is 0 Å². The molecule has 2 aliphatic rings. The normalized spacial score (nSPS) is 16.7. The Kier molecular flexibility index (Phi) is 30.9. The number of anilines is 1. The van der Waals surface area contributed by atoms with E-state index in [-0.39, 0.29) is 92.8 Å². The van der Waals surface area contributed by atoms with E-state index in [1.165, 1.54) is 51.5 Å². The number of aromatic nitrogens is 1. The zero-order valence-corrected chi connectivity index (χ0v) is 58.8. The Morgan fingerprint density at radius 1 is 0.781 bits per heavy atom. The largest absolute Gasteiger partial charge is 0.445 e. The minimum absolute atomic E-state index is 0.0780. The van der Waals surface area contributed by atoms with Gasteiger partial charge in [-0.2, -0.15) is 0 Å². The van der Waals surface area contributed by atoms with Crippen molar-refractivity contribution in [3.63, 3.8) is 0 Å². The number of nitrogens with two attached hydrogens (primary N) is 1. The summed E-state index contributed by atoms with van der Waals surface area (Å²) in [6.07, 6.45) is 6.23. The van der Waals surface area contributed by atoms with E-state index in [1.807, 2.05) is 56.5 Å². The van der Waals surface area contributed by atoms with Gasteiger partial charge in [-0.25, -0.2) is 14.6 Å². The first-order valence-corrected chi connectivity index (χ1v) is 34.1. The number of hydrogen-bond acceptors (Lipinski definition) is 16. The van der Waals surface area contributed by atoms with E-state index in [1.54, 1.807) is 82.1 Å². The van der Waals surface area contributed by atoms with Gasteiger partial charge in [0.1, 0.15) is 35.3 Å². The van der Waals surface area contributed by atoms with Gasteiger partial charge in [-0.1, -0.05) is 104 Å². The van der Waals surface area contributed by atoms with E-state index >= 15 is 0 Å². The van der Waals surface area contributed by atoms with Crippen LogP contribution in [0, 0.1) is 23.7 Å². The molecule has 1 fully saturated rings. The third-order valence-electron chi connectivity index (χ3n) is 18.1. The van der Waals surface area contributed by atoms with Gasteiger partial charge in [-0.15, -0.1) is 11.3 Å². The van der Waals surface area contributed by atoms with E-state index in [2.05, 4.69) is 36.9 Å². The number of thiazole rings is 1. The van der Waals surface area contributed by atoms with Gasteiger partial charge in [0.25, 0.3) is 11.8 Å². The fourth-order valence-electron chi connectivity index (χ4n) is 11.9. The van der Waals surface area contributed by atoms with Crippen LogP contribution in [0.5, 0.6) is 0 Å². The molecule has 96 heavy (non-hydrogen) atoms.